The summed E-state index contributed by atoms with van der Waals surface area (Å²) in [6.07, 6.45) is 10.2. The zero-order valence-electron chi connectivity index (χ0n) is 17.8. The highest BCUT2D eigenvalue weighted by Crippen LogP contribution is 2.24. The number of amides is 2. The Morgan fingerprint density at radius 1 is 1.03 bits per heavy atom. The van der Waals surface area contributed by atoms with E-state index in [2.05, 4.69) is 10.4 Å². The van der Waals surface area contributed by atoms with Crippen molar-refractivity contribution >= 4 is 11.8 Å². The molecule has 1 aromatic carbocycles. The second-order valence-electron chi connectivity index (χ2n) is 8.75. The van der Waals surface area contributed by atoms with Crippen molar-refractivity contribution in [2.75, 3.05) is 13.1 Å². The number of rotatable bonds is 5. The maximum absolute atomic E-state index is 13.1. The molecule has 2 aliphatic rings. The molecule has 1 saturated heterocycles. The van der Waals surface area contributed by atoms with Crippen molar-refractivity contribution in [3.8, 4) is 5.69 Å². The number of aromatic nitrogens is 2. The van der Waals surface area contributed by atoms with E-state index in [1.165, 1.54) is 19.3 Å². The molecular weight excluding hydrogens is 376 g/mol. The zero-order valence-corrected chi connectivity index (χ0v) is 17.8. The summed E-state index contributed by atoms with van der Waals surface area (Å²) in [6, 6.07) is 10.2. The van der Waals surface area contributed by atoms with Crippen LogP contribution in [0.3, 0.4) is 0 Å². The van der Waals surface area contributed by atoms with Crippen LogP contribution in [-0.4, -0.2) is 45.6 Å². The van der Waals surface area contributed by atoms with E-state index in [1.54, 1.807) is 4.68 Å². The Hall–Kier alpha value is -2.63. The number of benzene rings is 1. The van der Waals surface area contributed by atoms with Gasteiger partial charge in [-0.3, -0.25) is 9.59 Å². The van der Waals surface area contributed by atoms with Gasteiger partial charge in [-0.2, -0.15) is 5.10 Å². The molecule has 160 valence electrons. The first-order valence-corrected chi connectivity index (χ1v) is 11.3. The van der Waals surface area contributed by atoms with Crippen molar-refractivity contribution in [3.05, 3.63) is 47.8 Å². The minimum Gasteiger partial charge on any atom is -0.353 e. The van der Waals surface area contributed by atoms with Gasteiger partial charge >= 0.3 is 0 Å². The number of likely N-dealkylation sites (tertiary alicyclic amines) is 1. The van der Waals surface area contributed by atoms with Crippen molar-refractivity contribution < 1.29 is 9.59 Å². The van der Waals surface area contributed by atoms with Crippen molar-refractivity contribution in [1.29, 1.82) is 0 Å². The Balaban J connectivity index is 1.29. The Morgan fingerprint density at radius 3 is 2.43 bits per heavy atom. The molecule has 6 nitrogen and oxygen atoms in total. The third-order valence-electron chi connectivity index (χ3n) is 6.50. The topological polar surface area (TPSA) is 67.2 Å². The molecular formula is C24H32N4O2. The predicted octanol–water partition coefficient (Wildman–Crippen LogP) is 3.87. The van der Waals surface area contributed by atoms with E-state index in [4.69, 9.17) is 0 Å². The molecule has 0 radical (unpaired) electrons. The molecule has 1 aliphatic heterocycles. The Morgan fingerprint density at radius 2 is 1.73 bits per heavy atom. The molecule has 2 amide bonds. The summed E-state index contributed by atoms with van der Waals surface area (Å²) in [5, 5.41) is 7.74. The maximum Gasteiger partial charge on any atom is 0.257 e. The lowest BCUT2D eigenvalue weighted by atomic mass is 9.91. The lowest BCUT2D eigenvalue weighted by Gasteiger charge is -2.32. The van der Waals surface area contributed by atoms with Crippen LogP contribution in [0.5, 0.6) is 0 Å². The summed E-state index contributed by atoms with van der Waals surface area (Å²) < 4.78 is 1.77. The molecule has 1 aromatic heterocycles. The number of carbonyl (C=O) groups excluding carboxylic acids is 2. The SMILES string of the molecule is Cc1nn(-c2ccccc2)cc1C(=O)N1CCC(CC(=O)NC2CCCCC2)CC1. The first-order valence-electron chi connectivity index (χ1n) is 11.3. The van der Waals surface area contributed by atoms with Gasteiger partial charge in [-0.25, -0.2) is 4.68 Å². The van der Waals surface area contributed by atoms with Crippen LogP contribution >= 0.6 is 0 Å². The highest BCUT2D eigenvalue weighted by molar-refractivity contribution is 5.95. The number of hydrogen-bond donors (Lipinski definition) is 1. The van der Waals surface area contributed by atoms with E-state index in [-0.39, 0.29) is 11.8 Å². The van der Waals surface area contributed by atoms with Gasteiger partial charge in [0.05, 0.1) is 16.9 Å². The number of aryl methyl sites for hydroxylation is 1. The second kappa shape index (κ2) is 9.45. The maximum atomic E-state index is 13.1. The average Bonchev–Trinajstić information content (AvgIpc) is 3.17. The molecule has 1 saturated carbocycles. The quantitative estimate of drug-likeness (QED) is 0.817. The minimum atomic E-state index is 0.0415. The molecule has 0 spiro atoms. The first kappa shape index (κ1) is 20.6. The zero-order chi connectivity index (χ0) is 20.9. The fourth-order valence-corrected chi connectivity index (χ4v) is 4.69. The molecule has 0 atom stereocenters. The lowest BCUT2D eigenvalue weighted by molar-refractivity contribution is -0.123. The van der Waals surface area contributed by atoms with Gasteiger partial charge in [0.15, 0.2) is 0 Å². The standard InChI is InChI=1S/C24H32N4O2/c1-18-22(17-28(26-18)21-10-6-3-7-11-21)24(30)27-14-12-19(13-15-27)16-23(29)25-20-8-4-2-5-9-20/h3,6-7,10-11,17,19-20H,2,4-5,8-9,12-16H2,1H3,(H,25,29). The van der Waals surface area contributed by atoms with Gasteiger partial charge in [-0.1, -0.05) is 37.5 Å². The van der Waals surface area contributed by atoms with E-state index in [0.29, 0.717) is 37.0 Å². The Kier molecular flexibility index (Phi) is 6.50. The highest BCUT2D eigenvalue weighted by Gasteiger charge is 2.27. The van der Waals surface area contributed by atoms with Crippen molar-refractivity contribution in [2.24, 2.45) is 5.92 Å². The Labute approximate surface area is 178 Å². The molecule has 2 heterocycles. The summed E-state index contributed by atoms with van der Waals surface area (Å²) in [4.78, 5) is 27.4. The first-order chi connectivity index (χ1) is 14.6. The summed E-state index contributed by atoms with van der Waals surface area (Å²) in [5.74, 6) is 0.595. The molecule has 1 N–H and O–H groups in total. The number of piperidine rings is 1. The van der Waals surface area contributed by atoms with E-state index >= 15 is 0 Å². The molecule has 0 bridgehead atoms. The number of nitrogens with zero attached hydrogens (tertiary/aromatic N) is 3. The van der Waals surface area contributed by atoms with E-state index in [1.807, 2.05) is 48.4 Å². The summed E-state index contributed by atoms with van der Waals surface area (Å²) in [7, 11) is 0. The van der Waals surface area contributed by atoms with E-state index in [0.717, 1.165) is 37.1 Å². The summed E-state index contributed by atoms with van der Waals surface area (Å²) >= 11 is 0. The number of nitrogens with one attached hydrogen (secondary N) is 1. The van der Waals surface area contributed by atoms with Crippen LogP contribution in [-0.2, 0) is 4.79 Å². The largest absolute Gasteiger partial charge is 0.353 e. The third kappa shape index (κ3) is 4.91. The average molecular weight is 409 g/mol. The van der Waals surface area contributed by atoms with E-state index in [9.17, 15) is 9.59 Å². The fourth-order valence-electron chi connectivity index (χ4n) is 4.69. The smallest absolute Gasteiger partial charge is 0.257 e. The van der Waals surface area contributed by atoms with Gasteiger partial charge in [-0.15, -0.1) is 0 Å². The summed E-state index contributed by atoms with van der Waals surface area (Å²) in [6.45, 7) is 3.29. The van der Waals surface area contributed by atoms with Crippen molar-refractivity contribution in [3.63, 3.8) is 0 Å². The van der Waals surface area contributed by atoms with Gasteiger partial charge in [-0.05, 0) is 50.7 Å². The van der Waals surface area contributed by atoms with Crippen LogP contribution in [0.1, 0.15) is 67.4 Å². The molecule has 2 aromatic rings. The van der Waals surface area contributed by atoms with Crippen LogP contribution in [0.2, 0.25) is 0 Å². The predicted molar refractivity (Wildman–Crippen MR) is 117 cm³/mol. The minimum absolute atomic E-state index is 0.0415. The molecule has 1 aliphatic carbocycles. The van der Waals surface area contributed by atoms with Crippen molar-refractivity contribution in [2.45, 2.75) is 64.3 Å². The molecule has 2 fully saturated rings. The lowest BCUT2D eigenvalue weighted by Crippen LogP contribution is -2.41. The van der Waals surface area contributed by atoms with E-state index < -0.39 is 0 Å². The van der Waals surface area contributed by atoms with Gasteiger partial charge in [0.25, 0.3) is 5.91 Å². The van der Waals surface area contributed by atoms with Gasteiger partial charge < -0.3 is 10.2 Å². The Bertz CT molecular complexity index is 863. The number of hydrogen-bond acceptors (Lipinski definition) is 3. The number of para-hydroxylation sites is 1. The normalized spacial score (nSPS) is 18.4. The van der Waals surface area contributed by atoms with Gasteiger partial charge in [0.2, 0.25) is 5.91 Å². The van der Waals surface area contributed by atoms with Gasteiger partial charge in [0, 0.05) is 31.7 Å². The van der Waals surface area contributed by atoms with Crippen LogP contribution in [0.4, 0.5) is 0 Å². The van der Waals surface area contributed by atoms with Crippen LogP contribution in [0, 0.1) is 12.8 Å². The fraction of sp³-hybridized carbons (Fsp3) is 0.542. The number of carbonyl (C=O) groups is 2. The van der Waals surface area contributed by atoms with Gasteiger partial charge in [0.1, 0.15) is 0 Å². The third-order valence-corrected chi connectivity index (χ3v) is 6.50. The molecule has 0 unspecified atom stereocenters. The molecule has 6 heteroatoms. The monoisotopic (exact) mass is 408 g/mol. The summed E-state index contributed by atoms with van der Waals surface area (Å²) in [5.41, 5.74) is 2.35. The van der Waals surface area contributed by atoms with Crippen LogP contribution in [0.15, 0.2) is 36.5 Å². The van der Waals surface area contributed by atoms with Crippen LogP contribution < -0.4 is 5.32 Å². The second-order valence-corrected chi connectivity index (χ2v) is 8.75. The molecule has 30 heavy (non-hydrogen) atoms. The van der Waals surface area contributed by atoms with Crippen molar-refractivity contribution in [1.82, 2.24) is 20.0 Å². The van der Waals surface area contributed by atoms with Crippen LogP contribution in [0.25, 0.3) is 5.69 Å². The molecule has 4 rings (SSSR count). The highest BCUT2D eigenvalue weighted by atomic mass is 16.2.